The molecule has 1 saturated heterocycles. The summed E-state index contributed by atoms with van der Waals surface area (Å²) in [4.78, 5) is 4.06. The second-order valence-electron chi connectivity index (χ2n) is 2.92. The summed E-state index contributed by atoms with van der Waals surface area (Å²) < 4.78 is 5.44. The van der Waals surface area contributed by atoms with Gasteiger partial charge in [-0.1, -0.05) is 6.07 Å². The monoisotopic (exact) mass is 164 g/mol. The molecule has 1 atom stereocenters. The van der Waals surface area contributed by atoms with Crippen molar-refractivity contribution in [3.8, 4) is 5.88 Å². The third-order valence-electron chi connectivity index (χ3n) is 2.00. The number of pyridine rings is 1. The van der Waals surface area contributed by atoms with E-state index in [9.17, 15) is 0 Å². The Hall–Kier alpha value is -1.09. The summed E-state index contributed by atoms with van der Waals surface area (Å²) in [5, 5.41) is 3.26. The quantitative estimate of drug-likeness (QED) is 0.718. The lowest BCUT2D eigenvalue weighted by molar-refractivity contribution is 0.211. The van der Waals surface area contributed by atoms with Gasteiger partial charge in [-0.05, 0) is 19.0 Å². The molecule has 0 saturated carbocycles. The highest BCUT2D eigenvalue weighted by atomic mass is 16.5. The molecule has 3 nitrogen and oxygen atoms in total. The molecule has 1 aromatic heterocycles. The van der Waals surface area contributed by atoms with Crippen molar-refractivity contribution in [2.24, 2.45) is 0 Å². The average Bonchev–Trinajstić information content (AvgIpc) is 2.04. The first kappa shape index (κ1) is 7.55. The van der Waals surface area contributed by atoms with Gasteiger partial charge in [-0.2, -0.15) is 0 Å². The summed E-state index contributed by atoms with van der Waals surface area (Å²) in [6.45, 7) is 1.85. The van der Waals surface area contributed by atoms with Crippen molar-refractivity contribution in [2.75, 3.05) is 13.2 Å². The fourth-order valence-corrected chi connectivity index (χ4v) is 1.11. The highest BCUT2D eigenvalue weighted by Crippen LogP contribution is 2.07. The summed E-state index contributed by atoms with van der Waals surface area (Å²) in [5.74, 6) is 0.714. The molecule has 0 aliphatic carbocycles. The van der Waals surface area contributed by atoms with Crippen molar-refractivity contribution >= 4 is 0 Å². The van der Waals surface area contributed by atoms with Gasteiger partial charge < -0.3 is 10.1 Å². The fraction of sp³-hybridized carbons (Fsp3) is 0.444. The predicted octanol–water partition coefficient (Wildman–Crippen LogP) is 0.822. The van der Waals surface area contributed by atoms with Crippen molar-refractivity contribution in [3.05, 3.63) is 24.4 Å². The molecule has 1 aliphatic rings. The molecule has 64 valence electrons. The molecule has 3 heteroatoms. The molecule has 2 heterocycles. The second kappa shape index (κ2) is 3.54. The molecular weight excluding hydrogens is 152 g/mol. The summed E-state index contributed by atoms with van der Waals surface area (Å²) in [6, 6.07) is 6.22. The number of rotatable bonds is 3. The van der Waals surface area contributed by atoms with Crippen LogP contribution in [0.3, 0.4) is 0 Å². The fourth-order valence-electron chi connectivity index (χ4n) is 1.11. The number of hydrogen-bond donors (Lipinski definition) is 1. The van der Waals surface area contributed by atoms with Gasteiger partial charge in [0.15, 0.2) is 0 Å². The van der Waals surface area contributed by atoms with Gasteiger partial charge in [0.1, 0.15) is 6.61 Å². The predicted molar refractivity (Wildman–Crippen MR) is 46.1 cm³/mol. The van der Waals surface area contributed by atoms with Crippen molar-refractivity contribution in [3.63, 3.8) is 0 Å². The number of nitrogens with zero attached hydrogens (tertiary/aromatic N) is 1. The Labute approximate surface area is 71.8 Å². The van der Waals surface area contributed by atoms with Gasteiger partial charge in [0.05, 0.1) is 0 Å². The van der Waals surface area contributed by atoms with E-state index >= 15 is 0 Å². The van der Waals surface area contributed by atoms with Crippen molar-refractivity contribution in [1.82, 2.24) is 10.3 Å². The van der Waals surface area contributed by atoms with E-state index in [-0.39, 0.29) is 0 Å². The van der Waals surface area contributed by atoms with Gasteiger partial charge in [-0.25, -0.2) is 4.98 Å². The van der Waals surface area contributed by atoms with E-state index in [1.165, 1.54) is 6.42 Å². The highest BCUT2D eigenvalue weighted by molar-refractivity contribution is 5.09. The van der Waals surface area contributed by atoms with Crippen LogP contribution in [-0.4, -0.2) is 24.2 Å². The maximum atomic E-state index is 5.44. The Kier molecular flexibility index (Phi) is 2.23. The number of ether oxygens (including phenoxy) is 1. The molecule has 1 fully saturated rings. The van der Waals surface area contributed by atoms with Gasteiger partial charge in [0.2, 0.25) is 5.88 Å². The number of aromatic nitrogens is 1. The van der Waals surface area contributed by atoms with Gasteiger partial charge in [0.25, 0.3) is 0 Å². The van der Waals surface area contributed by atoms with E-state index in [0.29, 0.717) is 11.9 Å². The lowest BCUT2D eigenvalue weighted by Gasteiger charge is -2.26. The first-order valence-corrected chi connectivity index (χ1v) is 4.22. The van der Waals surface area contributed by atoms with E-state index in [0.717, 1.165) is 13.2 Å². The Morgan fingerprint density at radius 2 is 2.50 bits per heavy atom. The van der Waals surface area contributed by atoms with Gasteiger partial charge >= 0.3 is 0 Å². The SMILES string of the molecule is c1ccc(OC[C@@H]2CCN2)nc1. The molecule has 1 N–H and O–H groups in total. The molecule has 1 aliphatic heterocycles. The minimum absolute atomic E-state index is 0.534. The van der Waals surface area contributed by atoms with E-state index in [2.05, 4.69) is 10.3 Å². The molecule has 0 spiro atoms. The van der Waals surface area contributed by atoms with Crippen LogP contribution in [0.15, 0.2) is 24.4 Å². The van der Waals surface area contributed by atoms with E-state index < -0.39 is 0 Å². The maximum absolute atomic E-state index is 5.44. The second-order valence-corrected chi connectivity index (χ2v) is 2.92. The molecule has 0 aromatic carbocycles. The van der Waals surface area contributed by atoms with Crippen LogP contribution in [0.25, 0.3) is 0 Å². The maximum Gasteiger partial charge on any atom is 0.213 e. The summed E-state index contributed by atoms with van der Waals surface area (Å²) in [5.41, 5.74) is 0. The Bertz CT molecular complexity index is 234. The first-order chi connectivity index (χ1) is 5.95. The highest BCUT2D eigenvalue weighted by Gasteiger charge is 2.16. The van der Waals surface area contributed by atoms with E-state index in [1.807, 2.05) is 18.2 Å². The van der Waals surface area contributed by atoms with E-state index in [4.69, 9.17) is 4.74 Å². The van der Waals surface area contributed by atoms with Crippen molar-refractivity contribution in [2.45, 2.75) is 12.5 Å². The zero-order valence-corrected chi connectivity index (χ0v) is 6.86. The molecular formula is C9H12N2O. The lowest BCUT2D eigenvalue weighted by atomic mass is 10.1. The van der Waals surface area contributed by atoms with Crippen LogP contribution in [-0.2, 0) is 0 Å². The Morgan fingerprint density at radius 3 is 3.08 bits per heavy atom. The average molecular weight is 164 g/mol. The smallest absolute Gasteiger partial charge is 0.213 e. The minimum Gasteiger partial charge on any atom is -0.476 e. The van der Waals surface area contributed by atoms with E-state index in [1.54, 1.807) is 6.20 Å². The van der Waals surface area contributed by atoms with Crippen LogP contribution >= 0.6 is 0 Å². The standard InChI is InChI=1S/C9H12N2O/c1-2-5-11-9(3-1)12-7-8-4-6-10-8/h1-3,5,8,10H,4,6-7H2/t8-/m0/s1. The van der Waals surface area contributed by atoms with Gasteiger partial charge in [0, 0.05) is 18.3 Å². The Balaban J connectivity index is 1.79. The van der Waals surface area contributed by atoms with Crippen LogP contribution < -0.4 is 10.1 Å². The summed E-state index contributed by atoms with van der Waals surface area (Å²) in [7, 11) is 0. The van der Waals surface area contributed by atoms with Crippen molar-refractivity contribution in [1.29, 1.82) is 0 Å². The van der Waals surface area contributed by atoms with Crippen LogP contribution in [0.2, 0.25) is 0 Å². The third-order valence-corrected chi connectivity index (χ3v) is 2.00. The largest absolute Gasteiger partial charge is 0.476 e. The normalized spacial score (nSPS) is 21.5. The molecule has 12 heavy (non-hydrogen) atoms. The number of nitrogens with one attached hydrogen (secondary N) is 1. The summed E-state index contributed by atoms with van der Waals surface area (Å²) >= 11 is 0. The molecule has 2 rings (SSSR count). The zero-order valence-electron chi connectivity index (χ0n) is 6.86. The lowest BCUT2D eigenvalue weighted by Crippen LogP contribution is -2.46. The molecule has 1 aromatic rings. The third kappa shape index (κ3) is 1.74. The zero-order chi connectivity index (χ0) is 8.23. The minimum atomic E-state index is 0.534. The van der Waals surface area contributed by atoms with Crippen LogP contribution in [0.5, 0.6) is 5.88 Å². The van der Waals surface area contributed by atoms with Crippen LogP contribution in [0.1, 0.15) is 6.42 Å². The summed E-state index contributed by atoms with van der Waals surface area (Å²) in [6.07, 6.45) is 2.95. The molecule has 0 radical (unpaired) electrons. The number of hydrogen-bond acceptors (Lipinski definition) is 3. The van der Waals surface area contributed by atoms with Crippen LogP contribution in [0.4, 0.5) is 0 Å². The van der Waals surface area contributed by atoms with Gasteiger partial charge in [-0.15, -0.1) is 0 Å². The van der Waals surface area contributed by atoms with Gasteiger partial charge in [-0.3, -0.25) is 0 Å². The molecule has 0 amide bonds. The first-order valence-electron chi connectivity index (χ1n) is 4.22. The molecule has 0 bridgehead atoms. The van der Waals surface area contributed by atoms with Crippen LogP contribution in [0, 0.1) is 0 Å². The molecule has 0 unspecified atom stereocenters. The Morgan fingerprint density at radius 1 is 1.58 bits per heavy atom. The topological polar surface area (TPSA) is 34.1 Å². The van der Waals surface area contributed by atoms with Crippen molar-refractivity contribution < 1.29 is 4.74 Å².